The maximum atomic E-state index is 10.9. The molecule has 1 saturated heterocycles. The van der Waals surface area contributed by atoms with Crippen molar-refractivity contribution in [3.05, 3.63) is 28.8 Å². The summed E-state index contributed by atoms with van der Waals surface area (Å²) in [6.07, 6.45) is 4.40. The van der Waals surface area contributed by atoms with Crippen LogP contribution in [-0.4, -0.2) is 28.9 Å². The van der Waals surface area contributed by atoms with Crippen LogP contribution in [0, 0.1) is 0 Å². The van der Waals surface area contributed by atoms with Gasteiger partial charge in [0.2, 0.25) is 0 Å². The van der Waals surface area contributed by atoms with Crippen LogP contribution in [-0.2, 0) is 22.0 Å². The molecule has 1 aliphatic rings. The fourth-order valence-electron chi connectivity index (χ4n) is 4.85. The molecule has 1 aliphatic heterocycles. The lowest BCUT2D eigenvalue weighted by Gasteiger charge is -2.46. The third-order valence-electron chi connectivity index (χ3n) is 5.90. The maximum Gasteiger partial charge on any atom is 0.123 e. The van der Waals surface area contributed by atoms with Crippen molar-refractivity contribution >= 4 is 0 Å². The molecule has 1 fully saturated rings. The summed E-state index contributed by atoms with van der Waals surface area (Å²) in [7, 11) is 0. The van der Waals surface area contributed by atoms with Crippen LogP contribution < -0.4 is 5.32 Å². The van der Waals surface area contributed by atoms with E-state index in [2.05, 4.69) is 86.7 Å². The van der Waals surface area contributed by atoms with Gasteiger partial charge in [-0.25, -0.2) is 0 Å². The molecular formula is C26H45NO2. The lowest BCUT2D eigenvalue weighted by Crippen LogP contribution is -2.59. The SMILES string of the molecule is CC1(C)CC(OCCCc2cc(C(C)(C)C)c(O)c(C(C)(C)C)c2)CC(C)(C)N1. The molecule has 1 aromatic carbocycles. The molecule has 0 bridgehead atoms. The van der Waals surface area contributed by atoms with Gasteiger partial charge in [-0.1, -0.05) is 53.7 Å². The van der Waals surface area contributed by atoms with E-state index in [0.717, 1.165) is 43.4 Å². The van der Waals surface area contributed by atoms with E-state index in [4.69, 9.17) is 4.74 Å². The summed E-state index contributed by atoms with van der Waals surface area (Å²) >= 11 is 0. The Morgan fingerprint density at radius 2 is 1.38 bits per heavy atom. The van der Waals surface area contributed by atoms with Crippen LogP contribution in [0.4, 0.5) is 0 Å². The Kier molecular flexibility index (Phi) is 6.87. The Balaban J connectivity index is 2.05. The molecule has 0 saturated carbocycles. The van der Waals surface area contributed by atoms with Gasteiger partial charge in [-0.3, -0.25) is 0 Å². The summed E-state index contributed by atoms with van der Waals surface area (Å²) in [6.45, 7) is 22.9. The van der Waals surface area contributed by atoms with E-state index in [9.17, 15) is 5.11 Å². The molecule has 0 aliphatic carbocycles. The number of hydrogen-bond donors (Lipinski definition) is 2. The molecular weight excluding hydrogens is 358 g/mol. The molecule has 0 radical (unpaired) electrons. The van der Waals surface area contributed by atoms with E-state index < -0.39 is 0 Å². The van der Waals surface area contributed by atoms with Crippen molar-refractivity contribution in [2.75, 3.05) is 6.61 Å². The van der Waals surface area contributed by atoms with Gasteiger partial charge in [-0.05, 0) is 80.9 Å². The van der Waals surface area contributed by atoms with E-state index >= 15 is 0 Å². The number of ether oxygens (including phenoxy) is 1. The third kappa shape index (κ3) is 6.72. The van der Waals surface area contributed by atoms with Gasteiger partial charge in [0, 0.05) is 17.7 Å². The van der Waals surface area contributed by atoms with Crippen molar-refractivity contribution in [2.45, 2.75) is 123 Å². The lowest BCUT2D eigenvalue weighted by atomic mass is 9.78. The number of phenols is 1. The van der Waals surface area contributed by atoms with Crippen LogP contribution in [0.15, 0.2) is 12.1 Å². The number of aryl methyl sites for hydroxylation is 1. The predicted octanol–water partition coefficient (Wildman–Crippen LogP) is 6.25. The Bertz CT molecular complexity index is 653. The highest BCUT2D eigenvalue weighted by atomic mass is 16.5. The van der Waals surface area contributed by atoms with Crippen LogP contribution in [0.2, 0.25) is 0 Å². The Hall–Kier alpha value is -1.06. The topological polar surface area (TPSA) is 41.5 Å². The molecule has 29 heavy (non-hydrogen) atoms. The molecule has 3 nitrogen and oxygen atoms in total. The number of benzene rings is 1. The second kappa shape index (κ2) is 8.23. The van der Waals surface area contributed by atoms with Gasteiger partial charge in [0.1, 0.15) is 5.75 Å². The number of phenolic OH excluding ortho intramolecular Hbond substituents is 1. The van der Waals surface area contributed by atoms with Crippen molar-refractivity contribution in [1.29, 1.82) is 0 Å². The largest absolute Gasteiger partial charge is 0.507 e. The number of nitrogens with one attached hydrogen (secondary N) is 1. The molecule has 3 heteroatoms. The van der Waals surface area contributed by atoms with Crippen LogP contribution >= 0.6 is 0 Å². The van der Waals surface area contributed by atoms with E-state index in [-0.39, 0.29) is 21.9 Å². The minimum atomic E-state index is -0.0805. The Morgan fingerprint density at radius 1 is 0.931 bits per heavy atom. The highest BCUT2D eigenvalue weighted by Crippen LogP contribution is 2.40. The molecule has 2 N–H and O–H groups in total. The molecule has 166 valence electrons. The Morgan fingerprint density at radius 3 is 1.79 bits per heavy atom. The second-order valence-electron chi connectivity index (χ2n) is 12.4. The fraction of sp³-hybridized carbons (Fsp3) is 0.769. The molecule has 0 aromatic heterocycles. The first-order chi connectivity index (χ1) is 13.0. The molecule has 0 unspecified atom stereocenters. The van der Waals surface area contributed by atoms with Gasteiger partial charge in [0.05, 0.1) is 6.10 Å². The molecule has 1 heterocycles. The summed E-state index contributed by atoms with van der Waals surface area (Å²) in [6, 6.07) is 4.39. The van der Waals surface area contributed by atoms with Crippen molar-refractivity contribution in [1.82, 2.24) is 5.32 Å². The van der Waals surface area contributed by atoms with Gasteiger partial charge in [-0.15, -0.1) is 0 Å². The smallest absolute Gasteiger partial charge is 0.123 e. The molecule has 1 aromatic rings. The maximum absolute atomic E-state index is 10.9. The summed E-state index contributed by atoms with van der Waals surface area (Å²) in [5.74, 6) is 0.462. The third-order valence-corrected chi connectivity index (χ3v) is 5.90. The number of rotatable bonds is 5. The van der Waals surface area contributed by atoms with Crippen molar-refractivity contribution in [2.24, 2.45) is 0 Å². The van der Waals surface area contributed by atoms with Crippen molar-refractivity contribution < 1.29 is 9.84 Å². The first-order valence-corrected chi connectivity index (χ1v) is 11.3. The van der Waals surface area contributed by atoms with Crippen LogP contribution in [0.3, 0.4) is 0 Å². The highest BCUT2D eigenvalue weighted by Gasteiger charge is 2.38. The van der Waals surface area contributed by atoms with E-state index in [1.165, 1.54) is 5.56 Å². The molecule has 0 atom stereocenters. The highest BCUT2D eigenvalue weighted by molar-refractivity contribution is 5.49. The monoisotopic (exact) mass is 403 g/mol. The van der Waals surface area contributed by atoms with Gasteiger partial charge in [-0.2, -0.15) is 0 Å². The van der Waals surface area contributed by atoms with Gasteiger partial charge < -0.3 is 15.2 Å². The van der Waals surface area contributed by atoms with Crippen LogP contribution in [0.5, 0.6) is 5.75 Å². The number of aromatic hydroxyl groups is 1. The van der Waals surface area contributed by atoms with E-state index in [1.807, 2.05) is 0 Å². The van der Waals surface area contributed by atoms with E-state index in [1.54, 1.807) is 0 Å². The van der Waals surface area contributed by atoms with Gasteiger partial charge in [0.25, 0.3) is 0 Å². The molecule has 2 rings (SSSR count). The summed E-state index contributed by atoms with van der Waals surface area (Å²) in [5, 5.41) is 14.6. The van der Waals surface area contributed by atoms with Gasteiger partial charge in [0.15, 0.2) is 0 Å². The fourth-order valence-corrected chi connectivity index (χ4v) is 4.85. The van der Waals surface area contributed by atoms with Crippen molar-refractivity contribution in [3.8, 4) is 5.75 Å². The quantitative estimate of drug-likeness (QED) is 0.571. The zero-order valence-corrected chi connectivity index (χ0v) is 20.6. The van der Waals surface area contributed by atoms with Crippen LogP contribution in [0.25, 0.3) is 0 Å². The first-order valence-electron chi connectivity index (χ1n) is 11.3. The average Bonchev–Trinajstić information content (AvgIpc) is 2.47. The number of hydrogen-bond acceptors (Lipinski definition) is 3. The zero-order valence-electron chi connectivity index (χ0n) is 20.6. The first kappa shape index (κ1) is 24.2. The summed E-state index contributed by atoms with van der Waals surface area (Å²) in [4.78, 5) is 0. The van der Waals surface area contributed by atoms with Gasteiger partial charge >= 0.3 is 0 Å². The lowest BCUT2D eigenvalue weighted by molar-refractivity contribution is -0.0223. The predicted molar refractivity (Wildman–Crippen MR) is 124 cm³/mol. The Labute approximate surface area is 179 Å². The number of piperidine rings is 1. The average molecular weight is 404 g/mol. The zero-order chi connectivity index (χ0) is 22.3. The molecule has 0 spiro atoms. The normalized spacial score (nSPS) is 20.1. The minimum Gasteiger partial charge on any atom is -0.507 e. The van der Waals surface area contributed by atoms with Crippen molar-refractivity contribution in [3.63, 3.8) is 0 Å². The standard InChI is InChI=1S/C26H45NO2/c1-23(2,3)20-14-18(15-21(22(20)28)24(4,5)6)12-11-13-29-19-16-25(7,8)27-26(9,10)17-19/h14-15,19,27-28H,11-13,16-17H2,1-10H3. The van der Waals surface area contributed by atoms with E-state index in [0.29, 0.717) is 11.9 Å². The summed E-state index contributed by atoms with van der Waals surface area (Å²) in [5.41, 5.74) is 3.46. The van der Waals surface area contributed by atoms with Crippen LogP contribution in [0.1, 0.15) is 105 Å². The molecule has 0 amide bonds. The minimum absolute atomic E-state index is 0.0805. The summed E-state index contributed by atoms with van der Waals surface area (Å²) < 4.78 is 6.31. The second-order valence-corrected chi connectivity index (χ2v) is 12.4.